The van der Waals surface area contributed by atoms with E-state index in [2.05, 4.69) is 62.5 Å². The first-order valence-corrected chi connectivity index (χ1v) is 22.0. The van der Waals surface area contributed by atoms with Gasteiger partial charge >= 0.3 is 0 Å². The Kier molecular flexibility index (Phi) is 32.7. The van der Waals surface area contributed by atoms with Crippen LogP contribution in [0.5, 0.6) is 0 Å². The zero-order chi connectivity index (χ0) is 31.6. The molecule has 0 aliphatic carbocycles. The van der Waals surface area contributed by atoms with Crippen LogP contribution >= 0.6 is 23.5 Å². The molecular formula is C42H77S2. The fraction of sp³-hybridized carbons (Fsp3) is 0.833. The van der Waals surface area contributed by atoms with Crippen LogP contribution < -0.4 is 0 Å². The number of hydrogen-bond donors (Lipinski definition) is 0. The summed E-state index contributed by atoms with van der Waals surface area (Å²) < 4.78 is 0. The highest BCUT2D eigenvalue weighted by atomic mass is 32.2. The molecule has 1 aromatic carbocycles. The average Bonchev–Trinajstić information content (AvgIpc) is 3.04. The quantitative estimate of drug-likeness (QED) is 0.0532. The van der Waals surface area contributed by atoms with E-state index in [1.54, 1.807) is 0 Å². The number of thioether (sulfide) groups is 2. The lowest BCUT2D eigenvalue weighted by molar-refractivity contribution is 0.535. The molecule has 0 atom stereocenters. The molecule has 0 fully saturated rings. The first kappa shape index (κ1) is 41.9. The number of benzene rings is 1. The van der Waals surface area contributed by atoms with Gasteiger partial charge in [-0.1, -0.05) is 194 Å². The molecule has 1 radical (unpaired) electrons. The molecule has 1 aromatic rings. The van der Waals surface area contributed by atoms with Crippen molar-refractivity contribution >= 4 is 23.5 Å². The Morgan fingerprint density at radius 1 is 0.364 bits per heavy atom. The van der Waals surface area contributed by atoms with Crippen molar-refractivity contribution in [3.05, 3.63) is 30.7 Å². The van der Waals surface area contributed by atoms with Gasteiger partial charge in [0.25, 0.3) is 0 Å². The summed E-state index contributed by atoms with van der Waals surface area (Å²) in [6.45, 7) is 8.79. The predicted octanol–water partition coefficient (Wildman–Crippen LogP) is 16.0. The summed E-state index contributed by atoms with van der Waals surface area (Å²) in [5.74, 6) is 2.53. The molecule has 0 heterocycles. The van der Waals surface area contributed by atoms with E-state index in [0.29, 0.717) is 0 Å². The third-order valence-corrected chi connectivity index (χ3v) is 11.4. The molecule has 0 bridgehead atoms. The van der Waals surface area contributed by atoms with Crippen molar-refractivity contribution in [3.8, 4) is 0 Å². The lowest BCUT2D eigenvalue weighted by Crippen LogP contribution is -1.88. The molecule has 0 unspecified atom stereocenters. The Balaban J connectivity index is 1.97. The third-order valence-electron chi connectivity index (χ3n) is 9.26. The molecule has 0 saturated carbocycles. The smallest absolute Gasteiger partial charge is 0.00858 e. The molecule has 0 aromatic heterocycles. The largest absolute Gasteiger partial charge is 0.126 e. The summed E-state index contributed by atoms with van der Waals surface area (Å²) in [6, 6.07) is 7.23. The van der Waals surface area contributed by atoms with Gasteiger partial charge in [-0.25, -0.2) is 0 Å². The Bertz CT molecular complexity index is 645. The lowest BCUT2D eigenvalue weighted by Gasteiger charge is -2.09. The Morgan fingerprint density at radius 3 is 0.864 bits per heavy atom. The van der Waals surface area contributed by atoms with Crippen LogP contribution in [0.3, 0.4) is 0 Å². The maximum atomic E-state index is 4.18. The minimum Gasteiger partial charge on any atom is -0.126 e. The summed E-state index contributed by atoms with van der Waals surface area (Å²) in [5, 5.41) is 0. The van der Waals surface area contributed by atoms with E-state index in [9.17, 15) is 0 Å². The fourth-order valence-corrected chi connectivity index (χ4v) is 8.40. The first-order chi connectivity index (χ1) is 21.8. The molecule has 0 aliphatic heterocycles. The zero-order valence-corrected chi connectivity index (χ0v) is 31.7. The van der Waals surface area contributed by atoms with E-state index < -0.39 is 0 Å². The molecule has 2 heteroatoms. The molecular weight excluding hydrogens is 569 g/mol. The highest BCUT2D eigenvalue weighted by Gasteiger charge is 2.03. The van der Waals surface area contributed by atoms with Crippen LogP contribution in [0.2, 0.25) is 0 Å². The van der Waals surface area contributed by atoms with Crippen LogP contribution in [0.1, 0.15) is 212 Å². The minimum atomic E-state index is 0.903. The van der Waals surface area contributed by atoms with Gasteiger partial charge in [0.15, 0.2) is 0 Å². The topological polar surface area (TPSA) is 0 Å². The van der Waals surface area contributed by atoms with Gasteiger partial charge in [-0.05, 0) is 61.5 Å². The zero-order valence-electron chi connectivity index (χ0n) is 30.1. The molecule has 0 nitrogen and oxygen atoms in total. The molecule has 257 valence electrons. The highest BCUT2D eigenvalue weighted by molar-refractivity contribution is 8.00. The van der Waals surface area contributed by atoms with Crippen LogP contribution in [0.15, 0.2) is 28.0 Å². The number of hydrogen-bond acceptors (Lipinski definition) is 2. The predicted molar refractivity (Wildman–Crippen MR) is 207 cm³/mol. The third kappa shape index (κ3) is 28.2. The van der Waals surface area contributed by atoms with Crippen molar-refractivity contribution in [1.29, 1.82) is 0 Å². The molecule has 0 aliphatic rings. The Hall–Kier alpha value is -0.0800. The van der Waals surface area contributed by atoms with Crippen LogP contribution in [0.4, 0.5) is 0 Å². The highest BCUT2D eigenvalue weighted by Crippen LogP contribution is 2.29. The van der Waals surface area contributed by atoms with Gasteiger partial charge in [0, 0.05) is 9.79 Å². The van der Waals surface area contributed by atoms with Gasteiger partial charge in [-0.2, -0.15) is 0 Å². The second kappa shape index (κ2) is 34.3. The Morgan fingerprint density at radius 2 is 0.614 bits per heavy atom. The summed E-state index contributed by atoms with van der Waals surface area (Å²) in [7, 11) is 0. The second-order valence-corrected chi connectivity index (χ2v) is 16.0. The first-order valence-electron chi connectivity index (χ1n) is 20.0. The normalized spacial score (nSPS) is 11.5. The van der Waals surface area contributed by atoms with Gasteiger partial charge in [-0.15, -0.1) is 23.5 Å². The van der Waals surface area contributed by atoms with Crippen molar-refractivity contribution in [1.82, 2.24) is 0 Å². The maximum Gasteiger partial charge on any atom is 0.00858 e. The molecule has 44 heavy (non-hydrogen) atoms. The van der Waals surface area contributed by atoms with E-state index in [0.717, 1.165) is 6.42 Å². The molecule has 0 spiro atoms. The van der Waals surface area contributed by atoms with E-state index in [1.807, 2.05) is 0 Å². The van der Waals surface area contributed by atoms with Gasteiger partial charge < -0.3 is 0 Å². The average molecular weight is 646 g/mol. The second-order valence-electron chi connectivity index (χ2n) is 13.7. The number of unbranched alkanes of at least 4 members (excludes halogenated alkanes) is 28. The standard InChI is InChI=1S/C42H77S2/c1-4-7-9-11-13-15-17-19-21-23-25-27-29-31-33-35-43-41-37-40(6-3)38-42(39-41)44-36-34-32-30-28-26-24-22-20-18-16-14-12-10-8-5-2/h37-39H,3-36H2,1-2H3. The molecule has 0 amide bonds. The SMILES string of the molecule is [CH2]Cc1cc(SCCCCCCCCCCCCCCCCC)cc(SCCCCCCCCCCCCCCCCC)c1. The van der Waals surface area contributed by atoms with Crippen molar-refractivity contribution in [3.63, 3.8) is 0 Å². The minimum absolute atomic E-state index is 0.903. The monoisotopic (exact) mass is 646 g/mol. The van der Waals surface area contributed by atoms with Gasteiger partial charge in [-0.3, -0.25) is 0 Å². The molecule has 0 saturated heterocycles. The van der Waals surface area contributed by atoms with Crippen molar-refractivity contribution in [2.45, 2.75) is 223 Å². The van der Waals surface area contributed by atoms with Gasteiger partial charge in [0.1, 0.15) is 0 Å². The van der Waals surface area contributed by atoms with Gasteiger partial charge in [0.05, 0.1) is 0 Å². The molecule has 1 rings (SSSR count). The van der Waals surface area contributed by atoms with Crippen molar-refractivity contribution < 1.29 is 0 Å². The summed E-state index contributed by atoms with van der Waals surface area (Å²) in [4.78, 5) is 2.94. The Labute approximate surface area is 287 Å². The van der Waals surface area contributed by atoms with Crippen LogP contribution in [-0.2, 0) is 6.42 Å². The number of rotatable bonds is 35. The van der Waals surface area contributed by atoms with E-state index >= 15 is 0 Å². The summed E-state index contributed by atoms with van der Waals surface area (Å²) >= 11 is 4.15. The van der Waals surface area contributed by atoms with Gasteiger partial charge in [0.2, 0.25) is 0 Å². The van der Waals surface area contributed by atoms with Crippen molar-refractivity contribution in [2.75, 3.05) is 11.5 Å². The van der Waals surface area contributed by atoms with Crippen molar-refractivity contribution in [2.24, 2.45) is 0 Å². The van der Waals surface area contributed by atoms with E-state index in [1.165, 1.54) is 219 Å². The lowest BCUT2D eigenvalue weighted by atomic mass is 10.0. The van der Waals surface area contributed by atoms with Crippen LogP contribution in [0, 0.1) is 6.92 Å². The summed E-state index contributed by atoms with van der Waals surface area (Å²) in [5.41, 5.74) is 1.41. The van der Waals surface area contributed by atoms with E-state index in [4.69, 9.17) is 0 Å². The van der Waals surface area contributed by atoms with Crippen LogP contribution in [0.25, 0.3) is 0 Å². The summed E-state index contributed by atoms with van der Waals surface area (Å²) in [6.07, 6.45) is 44.1. The fourth-order valence-electron chi connectivity index (χ4n) is 6.27. The van der Waals surface area contributed by atoms with Crippen LogP contribution in [-0.4, -0.2) is 11.5 Å². The van der Waals surface area contributed by atoms with E-state index in [-0.39, 0.29) is 0 Å². The molecule has 0 N–H and O–H groups in total. The maximum absolute atomic E-state index is 4.18.